The summed E-state index contributed by atoms with van der Waals surface area (Å²) in [5, 5.41) is 0. The fourth-order valence-corrected chi connectivity index (χ4v) is 4.75. The third-order valence-electron chi connectivity index (χ3n) is 5.00. The first-order valence-corrected chi connectivity index (χ1v) is 11.7. The predicted molar refractivity (Wildman–Crippen MR) is 114 cm³/mol. The van der Waals surface area contributed by atoms with E-state index >= 15 is 0 Å². The maximum Gasteiger partial charge on any atom is 0.243 e. The Morgan fingerprint density at radius 1 is 1.24 bits per heavy atom. The van der Waals surface area contributed by atoms with Crippen LogP contribution in [-0.2, 0) is 33.1 Å². The molecule has 158 valence electrons. The lowest BCUT2D eigenvalue weighted by Crippen LogP contribution is -2.44. The summed E-state index contributed by atoms with van der Waals surface area (Å²) in [5.74, 6) is -0.189. The van der Waals surface area contributed by atoms with Crippen molar-refractivity contribution in [2.75, 3.05) is 26.8 Å². The van der Waals surface area contributed by atoms with Gasteiger partial charge >= 0.3 is 0 Å². The summed E-state index contributed by atoms with van der Waals surface area (Å²) in [6, 6.07) is 10.5. The van der Waals surface area contributed by atoms with Crippen LogP contribution in [0.15, 0.2) is 52.0 Å². The zero-order valence-corrected chi connectivity index (χ0v) is 19.0. The highest BCUT2D eigenvalue weighted by atomic mass is 79.9. The summed E-state index contributed by atoms with van der Waals surface area (Å²) in [6.45, 7) is 0.597. The molecule has 0 N–H and O–H groups in total. The average Bonchev–Trinajstić information content (AvgIpc) is 3.45. The van der Waals surface area contributed by atoms with Gasteiger partial charge in [-0.15, -0.1) is 0 Å². The Balaban J connectivity index is 1.80. The maximum atomic E-state index is 13.1. The fraction of sp³-hybridized carbons (Fsp3) is 0.450. The van der Waals surface area contributed by atoms with Gasteiger partial charge in [0.1, 0.15) is 0 Å². The lowest BCUT2D eigenvalue weighted by atomic mass is 10.3. The third kappa shape index (κ3) is 5.48. The van der Waals surface area contributed by atoms with Crippen LogP contribution in [0.5, 0.6) is 0 Å². The number of halogens is 1. The van der Waals surface area contributed by atoms with Gasteiger partial charge in [0.05, 0.1) is 24.6 Å². The molecule has 29 heavy (non-hydrogen) atoms. The van der Waals surface area contributed by atoms with Gasteiger partial charge in [0.2, 0.25) is 15.9 Å². The van der Waals surface area contributed by atoms with Gasteiger partial charge in [-0.25, -0.2) is 8.42 Å². The molecule has 1 aliphatic carbocycles. The first kappa shape index (κ1) is 22.0. The van der Waals surface area contributed by atoms with E-state index in [9.17, 15) is 13.2 Å². The van der Waals surface area contributed by atoms with Crippen molar-refractivity contribution in [1.29, 1.82) is 0 Å². The molecule has 9 heteroatoms. The number of aryl methyl sites for hydroxylation is 1. The van der Waals surface area contributed by atoms with E-state index in [1.54, 1.807) is 17.0 Å². The SMILES string of the molecule is COCCN(CC(=O)N(Cc1cccn1C)C1CC1)S(=O)(=O)c1ccc(Br)cc1. The second-order valence-corrected chi connectivity index (χ2v) is 10.0. The second kappa shape index (κ2) is 9.42. The Labute approximate surface area is 180 Å². The van der Waals surface area contributed by atoms with Gasteiger partial charge in [0.15, 0.2) is 0 Å². The highest BCUT2D eigenvalue weighted by molar-refractivity contribution is 9.10. The molecule has 0 radical (unpaired) electrons. The molecule has 0 bridgehead atoms. The van der Waals surface area contributed by atoms with E-state index in [4.69, 9.17) is 4.74 Å². The number of amides is 1. The lowest BCUT2D eigenvalue weighted by molar-refractivity contribution is -0.132. The van der Waals surface area contributed by atoms with Gasteiger partial charge in [0.25, 0.3) is 0 Å². The average molecular weight is 484 g/mol. The first-order chi connectivity index (χ1) is 13.8. The van der Waals surface area contributed by atoms with Crippen LogP contribution in [0, 0.1) is 0 Å². The highest BCUT2D eigenvalue weighted by Crippen LogP contribution is 2.29. The van der Waals surface area contributed by atoms with Crippen molar-refractivity contribution in [2.45, 2.75) is 30.3 Å². The van der Waals surface area contributed by atoms with Gasteiger partial charge in [-0.2, -0.15) is 4.31 Å². The molecule has 1 heterocycles. The molecule has 0 saturated heterocycles. The summed E-state index contributed by atoms with van der Waals surface area (Å²) in [6.07, 6.45) is 3.84. The summed E-state index contributed by atoms with van der Waals surface area (Å²) >= 11 is 3.32. The topological polar surface area (TPSA) is 71.8 Å². The number of hydrogen-bond donors (Lipinski definition) is 0. The number of aromatic nitrogens is 1. The van der Waals surface area contributed by atoms with Crippen molar-refractivity contribution >= 4 is 31.9 Å². The van der Waals surface area contributed by atoms with Crippen LogP contribution in [0.1, 0.15) is 18.5 Å². The minimum Gasteiger partial charge on any atom is -0.383 e. The molecular weight excluding hydrogens is 458 g/mol. The zero-order chi connectivity index (χ0) is 21.0. The zero-order valence-electron chi connectivity index (χ0n) is 16.6. The number of carbonyl (C=O) groups excluding carboxylic acids is 1. The third-order valence-corrected chi connectivity index (χ3v) is 7.39. The maximum absolute atomic E-state index is 13.1. The molecule has 1 fully saturated rings. The summed E-state index contributed by atoms with van der Waals surface area (Å²) in [5.41, 5.74) is 1.02. The van der Waals surface area contributed by atoms with Gasteiger partial charge in [0, 0.05) is 43.1 Å². The molecule has 3 rings (SSSR count). The van der Waals surface area contributed by atoms with Crippen molar-refractivity contribution < 1.29 is 17.9 Å². The van der Waals surface area contributed by atoms with E-state index in [-0.39, 0.29) is 36.5 Å². The largest absolute Gasteiger partial charge is 0.383 e. The van der Waals surface area contributed by atoms with Crippen LogP contribution >= 0.6 is 15.9 Å². The van der Waals surface area contributed by atoms with Crippen LogP contribution in [0.2, 0.25) is 0 Å². The predicted octanol–water partition coefficient (Wildman–Crippen LogP) is 2.62. The number of carbonyl (C=O) groups is 1. The van der Waals surface area contributed by atoms with Crippen molar-refractivity contribution in [2.24, 2.45) is 7.05 Å². The van der Waals surface area contributed by atoms with E-state index in [1.807, 2.05) is 29.9 Å². The molecule has 2 aromatic rings. The Morgan fingerprint density at radius 2 is 1.93 bits per heavy atom. The Hall–Kier alpha value is -1.68. The number of methoxy groups -OCH3 is 1. The molecule has 0 unspecified atom stereocenters. The van der Waals surface area contributed by atoms with Crippen LogP contribution < -0.4 is 0 Å². The normalized spacial score (nSPS) is 14.3. The highest BCUT2D eigenvalue weighted by Gasteiger charge is 2.35. The Bertz CT molecular complexity index is 939. The van der Waals surface area contributed by atoms with Crippen LogP contribution in [0.4, 0.5) is 0 Å². The van der Waals surface area contributed by atoms with Crippen molar-refractivity contribution in [3.63, 3.8) is 0 Å². The molecule has 0 atom stereocenters. The van der Waals surface area contributed by atoms with E-state index < -0.39 is 10.0 Å². The van der Waals surface area contributed by atoms with Crippen molar-refractivity contribution in [1.82, 2.24) is 13.8 Å². The minimum atomic E-state index is -3.81. The van der Waals surface area contributed by atoms with E-state index in [2.05, 4.69) is 15.9 Å². The molecule has 1 aliphatic rings. The second-order valence-electron chi connectivity index (χ2n) is 7.15. The van der Waals surface area contributed by atoms with E-state index in [0.717, 1.165) is 23.0 Å². The van der Waals surface area contributed by atoms with Gasteiger partial charge in [-0.1, -0.05) is 15.9 Å². The molecule has 1 aromatic carbocycles. The summed E-state index contributed by atoms with van der Waals surface area (Å²) in [4.78, 5) is 15.1. The number of nitrogens with zero attached hydrogens (tertiary/aromatic N) is 3. The minimum absolute atomic E-state index is 0.114. The standard InChI is InChI=1S/C20H26BrN3O4S/c1-22-11-3-4-18(22)14-24(17-7-8-17)20(25)15-23(12-13-28-2)29(26,27)19-9-5-16(21)6-10-19/h3-6,9-11,17H,7-8,12-15H2,1-2H3. The number of hydrogen-bond acceptors (Lipinski definition) is 4. The lowest BCUT2D eigenvalue weighted by Gasteiger charge is -2.27. The van der Waals surface area contributed by atoms with E-state index in [0.29, 0.717) is 6.54 Å². The molecule has 1 saturated carbocycles. The number of benzene rings is 1. The Morgan fingerprint density at radius 3 is 2.48 bits per heavy atom. The quantitative estimate of drug-likeness (QED) is 0.520. The molecule has 1 amide bonds. The fourth-order valence-electron chi connectivity index (χ4n) is 3.12. The van der Waals surface area contributed by atoms with Crippen LogP contribution in [-0.4, -0.2) is 60.9 Å². The molecule has 7 nitrogen and oxygen atoms in total. The molecule has 0 aliphatic heterocycles. The monoisotopic (exact) mass is 483 g/mol. The van der Waals surface area contributed by atoms with Crippen molar-refractivity contribution in [3.8, 4) is 0 Å². The smallest absolute Gasteiger partial charge is 0.243 e. The molecule has 0 spiro atoms. The van der Waals surface area contributed by atoms with E-state index in [1.165, 1.54) is 23.5 Å². The molecule has 1 aromatic heterocycles. The Kier molecular flexibility index (Phi) is 7.15. The molecular formula is C20H26BrN3O4S. The first-order valence-electron chi connectivity index (χ1n) is 9.47. The van der Waals surface area contributed by atoms with Crippen LogP contribution in [0.25, 0.3) is 0 Å². The number of rotatable bonds is 10. The summed E-state index contributed by atoms with van der Waals surface area (Å²) < 4.78 is 35.3. The van der Waals surface area contributed by atoms with Crippen LogP contribution in [0.3, 0.4) is 0 Å². The van der Waals surface area contributed by atoms with Gasteiger partial charge in [-0.3, -0.25) is 4.79 Å². The number of ether oxygens (including phenoxy) is 1. The number of sulfonamides is 1. The van der Waals surface area contributed by atoms with Gasteiger partial charge < -0.3 is 14.2 Å². The summed E-state index contributed by atoms with van der Waals surface area (Å²) in [7, 11) is -0.364. The van der Waals surface area contributed by atoms with Gasteiger partial charge in [-0.05, 0) is 49.2 Å². The van der Waals surface area contributed by atoms with Crippen molar-refractivity contribution in [3.05, 3.63) is 52.8 Å².